The van der Waals surface area contributed by atoms with Crippen molar-refractivity contribution >= 4 is 23.4 Å². The average molecular weight is 407 g/mol. The monoisotopic (exact) mass is 406 g/mol. The third-order valence-electron chi connectivity index (χ3n) is 6.21. The Morgan fingerprint density at radius 1 is 1.32 bits per heavy atom. The Morgan fingerprint density at radius 2 is 2.11 bits per heavy atom. The number of benzene rings is 1. The summed E-state index contributed by atoms with van der Waals surface area (Å²) in [6, 6.07) is 8.59. The van der Waals surface area contributed by atoms with Crippen LogP contribution in [0, 0.1) is 5.41 Å². The Balaban J connectivity index is 1.74. The molecule has 0 aromatic heterocycles. The van der Waals surface area contributed by atoms with Crippen LogP contribution < -0.4 is 5.32 Å². The van der Waals surface area contributed by atoms with Crippen LogP contribution in [0.3, 0.4) is 0 Å². The van der Waals surface area contributed by atoms with Crippen molar-refractivity contribution in [1.29, 1.82) is 0 Å². The summed E-state index contributed by atoms with van der Waals surface area (Å²) < 4.78 is 5.50. The van der Waals surface area contributed by atoms with E-state index in [1.54, 1.807) is 7.05 Å². The number of likely N-dealkylation sites (tertiary alicyclic amines) is 1. The van der Waals surface area contributed by atoms with Crippen LogP contribution >= 0.6 is 11.6 Å². The third kappa shape index (κ3) is 4.87. The molecule has 0 aliphatic carbocycles. The van der Waals surface area contributed by atoms with Crippen LogP contribution in [-0.4, -0.2) is 55.9 Å². The average Bonchev–Trinajstić information content (AvgIpc) is 2.74. The highest BCUT2D eigenvalue weighted by molar-refractivity contribution is 6.18. The summed E-state index contributed by atoms with van der Waals surface area (Å²) in [4.78, 5) is 26.8. The van der Waals surface area contributed by atoms with Crippen LogP contribution in [-0.2, 0) is 20.7 Å². The molecule has 28 heavy (non-hydrogen) atoms. The molecule has 154 valence electrons. The highest BCUT2D eigenvalue weighted by Crippen LogP contribution is 2.36. The summed E-state index contributed by atoms with van der Waals surface area (Å²) in [6.45, 7) is 2.85. The predicted molar refractivity (Wildman–Crippen MR) is 111 cm³/mol. The molecular weight excluding hydrogens is 376 g/mol. The van der Waals surface area contributed by atoms with Gasteiger partial charge in [0.15, 0.2) is 0 Å². The number of rotatable bonds is 6. The summed E-state index contributed by atoms with van der Waals surface area (Å²) in [5.41, 5.74) is 2.06. The van der Waals surface area contributed by atoms with Gasteiger partial charge in [-0.05, 0) is 43.2 Å². The van der Waals surface area contributed by atoms with Crippen LogP contribution in [0.4, 0.5) is 0 Å². The lowest BCUT2D eigenvalue weighted by molar-refractivity contribution is -0.136. The smallest absolute Gasteiger partial charge is 0.226 e. The molecule has 0 spiro atoms. The molecule has 1 atom stereocenters. The fourth-order valence-electron chi connectivity index (χ4n) is 4.57. The van der Waals surface area contributed by atoms with E-state index in [1.807, 2.05) is 4.90 Å². The van der Waals surface area contributed by atoms with Crippen molar-refractivity contribution < 1.29 is 14.3 Å². The van der Waals surface area contributed by atoms with Gasteiger partial charge in [-0.25, -0.2) is 0 Å². The summed E-state index contributed by atoms with van der Waals surface area (Å²) in [6.07, 6.45) is 4.74. The number of carbonyl (C=O) groups is 2. The van der Waals surface area contributed by atoms with Gasteiger partial charge in [-0.3, -0.25) is 9.59 Å². The fourth-order valence-corrected chi connectivity index (χ4v) is 4.74. The first kappa shape index (κ1) is 21.1. The number of piperidine rings is 1. The van der Waals surface area contributed by atoms with Gasteiger partial charge in [-0.1, -0.05) is 24.3 Å². The molecule has 2 fully saturated rings. The Bertz CT molecular complexity index is 688. The minimum atomic E-state index is -0.388. The van der Waals surface area contributed by atoms with E-state index in [2.05, 4.69) is 29.6 Å². The second-order valence-corrected chi connectivity index (χ2v) is 8.39. The van der Waals surface area contributed by atoms with Gasteiger partial charge in [-0.15, -0.1) is 11.6 Å². The number of hydrogen-bond acceptors (Lipinski definition) is 3. The number of amides is 2. The van der Waals surface area contributed by atoms with E-state index < -0.39 is 0 Å². The Kier molecular flexibility index (Phi) is 7.36. The quantitative estimate of drug-likeness (QED) is 0.738. The lowest BCUT2D eigenvalue weighted by Gasteiger charge is -2.36. The molecule has 0 radical (unpaired) electrons. The van der Waals surface area contributed by atoms with Crippen LogP contribution in [0.2, 0.25) is 0 Å². The Morgan fingerprint density at radius 3 is 2.82 bits per heavy atom. The van der Waals surface area contributed by atoms with E-state index in [-0.39, 0.29) is 17.2 Å². The molecule has 1 aromatic carbocycles. The SMILES string of the molecule is CNC(=O)C1(Cc2cccc(C3CCCN(C(=O)CCCl)C3)c2)CCOCC1. The van der Waals surface area contributed by atoms with Gasteiger partial charge in [0.1, 0.15) is 0 Å². The fraction of sp³-hybridized carbons (Fsp3) is 0.636. The van der Waals surface area contributed by atoms with Crippen molar-refractivity contribution in [3.8, 4) is 0 Å². The number of alkyl halides is 1. The number of nitrogens with one attached hydrogen (secondary N) is 1. The van der Waals surface area contributed by atoms with Crippen molar-refractivity contribution in [3.63, 3.8) is 0 Å². The van der Waals surface area contributed by atoms with Crippen molar-refractivity contribution in [3.05, 3.63) is 35.4 Å². The van der Waals surface area contributed by atoms with Crippen molar-refractivity contribution in [2.24, 2.45) is 5.41 Å². The lowest BCUT2D eigenvalue weighted by Crippen LogP contribution is -2.45. The molecule has 2 amide bonds. The summed E-state index contributed by atoms with van der Waals surface area (Å²) in [5, 5.41) is 2.85. The van der Waals surface area contributed by atoms with E-state index in [0.29, 0.717) is 31.4 Å². The molecule has 1 unspecified atom stereocenters. The maximum atomic E-state index is 12.6. The summed E-state index contributed by atoms with van der Waals surface area (Å²) in [5.74, 6) is 0.979. The van der Waals surface area contributed by atoms with E-state index in [4.69, 9.17) is 16.3 Å². The standard InChI is InChI=1S/C22H31ClN2O3/c1-24-21(27)22(8-12-28-13-9-22)15-17-4-2-5-18(14-17)19-6-3-11-25(16-19)20(26)7-10-23/h2,4-5,14,19H,3,6-13,15-16H2,1H3,(H,24,27). The molecule has 1 aromatic rings. The molecule has 2 aliphatic rings. The summed E-state index contributed by atoms with van der Waals surface area (Å²) in [7, 11) is 1.71. The maximum absolute atomic E-state index is 12.6. The predicted octanol–water partition coefficient (Wildman–Crippen LogP) is 3.11. The number of nitrogens with zero attached hydrogens (tertiary/aromatic N) is 1. The zero-order valence-corrected chi connectivity index (χ0v) is 17.5. The topological polar surface area (TPSA) is 58.6 Å². The van der Waals surface area contributed by atoms with Crippen LogP contribution in [0.5, 0.6) is 0 Å². The first-order chi connectivity index (χ1) is 13.6. The number of ether oxygens (including phenoxy) is 1. The first-order valence-corrected chi connectivity index (χ1v) is 10.8. The van der Waals surface area contributed by atoms with Crippen LogP contribution in [0.1, 0.15) is 49.1 Å². The molecule has 2 heterocycles. The molecule has 0 saturated carbocycles. The number of halogens is 1. The zero-order valence-electron chi connectivity index (χ0n) is 16.7. The largest absolute Gasteiger partial charge is 0.381 e. The van der Waals surface area contributed by atoms with Gasteiger partial charge < -0.3 is 15.0 Å². The highest BCUT2D eigenvalue weighted by atomic mass is 35.5. The molecule has 6 heteroatoms. The third-order valence-corrected chi connectivity index (χ3v) is 6.40. The van der Waals surface area contributed by atoms with E-state index in [9.17, 15) is 9.59 Å². The highest BCUT2D eigenvalue weighted by Gasteiger charge is 2.39. The van der Waals surface area contributed by atoms with Crippen molar-refractivity contribution in [1.82, 2.24) is 10.2 Å². The van der Waals surface area contributed by atoms with Gasteiger partial charge in [-0.2, -0.15) is 0 Å². The van der Waals surface area contributed by atoms with Gasteiger partial charge >= 0.3 is 0 Å². The number of hydrogen-bond donors (Lipinski definition) is 1. The van der Waals surface area contributed by atoms with E-state index in [1.165, 1.54) is 11.1 Å². The van der Waals surface area contributed by atoms with E-state index >= 15 is 0 Å². The van der Waals surface area contributed by atoms with Gasteiger partial charge in [0.2, 0.25) is 11.8 Å². The zero-order chi connectivity index (χ0) is 20.0. The van der Waals surface area contributed by atoms with Crippen LogP contribution in [0.25, 0.3) is 0 Å². The molecular formula is C22H31ClN2O3. The molecule has 5 nitrogen and oxygen atoms in total. The molecule has 2 aliphatic heterocycles. The molecule has 2 saturated heterocycles. The van der Waals surface area contributed by atoms with Gasteiger partial charge in [0.05, 0.1) is 5.41 Å². The molecule has 1 N–H and O–H groups in total. The van der Waals surface area contributed by atoms with Crippen LogP contribution in [0.15, 0.2) is 24.3 Å². The van der Waals surface area contributed by atoms with Crippen molar-refractivity contribution in [2.45, 2.75) is 44.4 Å². The Hall–Kier alpha value is -1.59. The molecule has 0 bridgehead atoms. The summed E-state index contributed by atoms with van der Waals surface area (Å²) >= 11 is 5.74. The second kappa shape index (κ2) is 9.75. The maximum Gasteiger partial charge on any atom is 0.226 e. The molecule has 3 rings (SSSR count). The van der Waals surface area contributed by atoms with Gasteiger partial charge in [0, 0.05) is 51.6 Å². The lowest BCUT2D eigenvalue weighted by atomic mass is 9.74. The van der Waals surface area contributed by atoms with Crippen molar-refractivity contribution in [2.75, 3.05) is 39.2 Å². The minimum Gasteiger partial charge on any atom is -0.381 e. The second-order valence-electron chi connectivity index (χ2n) is 8.01. The minimum absolute atomic E-state index is 0.108. The first-order valence-electron chi connectivity index (χ1n) is 10.3. The normalized spacial score (nSPS) is 21.9. The van der Waals surface area contributed by atoms with Gasteiger partial charge in [0.25, 0.3) is 0 Å². The van der Waals surface area contributed by atoms with E-state index in [0.717, 1.165) is 45.2 Å². The number of carbonyl (C=O) groups excluding carboxylic acids is 2. The Labute approximate surface area is 172 Å².